The number of nitrogens with zero attached hydrogens (tertiary/aromatic N) is 2. The zero-order valence-electron chi connectivity index (χ0n) is 13.4. The Hall–Kier alpha value is -2.52. The SMILES string of the molecule is CNS(=O)(=O)c1ccc(C)c(C(=O)NCCNc2ncccn2)c1. The molecule has 1 heterocycles. The highest BCUT2D eigenvalue weighted by atomic mass is 32.2. The number of amides is 1. The maximum atomic E-state index is 12.3. The van der Waals surface area contributed by atoms with Crippen molar-refractivity contribution in [2.75, 3.05) is 25.5 Å². The Balaban J connectivity index is 1.98. The van der Waals surface area contributed by atoms with E-state index in [1.807, 2.05) is 0 Å². The molecule has 1 amide bonds. The van der Waals surface area contributed by atoms with Gasteiger partial charge in [-0.3, -0.25) is 4.79 Å². The third-order valence-electron chi connectivity index (χ3n) is 3.29. The van der Waals surface area contributed by atoms with Gasteiger partial charge in [0, 0.05) is 31.0 Å². The van der Waals surface area contributed by atoms with Gasteiger partial charge in [-0.05, 0) is 37.7 Å². The number of anilines is 1. The molecule has 2 rings (SSSR count). The van der Waals surface area contributed by atoms with Crippen LogP contribution in [0.15, 0.2) is 41.6 Å². The van der Waals surface area contributed by atoms with Gasteiger partial charge < -0.3 is 10.6 Å². The number of aryl methyl sites for hydroxylation is 1. The molecule has 0 aliphatic rings. The van der Waals surface area contributed by atoms with Crippen molar-refractivity contribution in [3.8, 4) is 0 Å². The van der Waals surface area contributed by atoms with Crippen LogP contribution in [0, 0.1) is 6.92 Å². The smallest absolute Gasteiger partial charge is 0.251 e. The highest BCUT2D eigenvalue weighted by Gasteiger charge is 2.16. The van der Waals surface area contributed by atoms with Crippen LogP contribution >= 0.6 is 0 Å². The summed E-state index contributed by atoms with van der Waals surface area (Å²) in [5.74, 6) is 0.140. The molecule has 0 unspecified atom stereocenters. The number of hydrogen-bond acceptors (Lipinski definition) is 6. The second kappa shape index (κ2) is 7.84. The van der Waals surface area contributed by atoms with E-state index in [0.717, 1.165) is 0 Å². The molecular weight excluding hydrogens is 330 g/mol. The summed E-state index contributed by atoms with van der Waals surface area (Å²) in [6.07, 6.45) is 3.23. The minimum atomic E-state index is -3.59. The Labute approximate surface area is 140 Å². The summed E-state index contributed by atoms with van der Waals surface area (Å²) in [5, 5.41) is 5.70. The largest absolute Gasteiger partial charge is 0.352 e. The first kappa shape index (κ1) is 17.8. The minimum absolute atomic E-state index is 0.0524. The van der Waals surface area contributed by atoms with Crippen LogP contribution in [0.3, 0.4) is 0 Å². The van der Waals surface area contributed by atoms with Crippen LogP contribution in [-0.4, -0.2) is 44.4 Å². The molecule has 0 fully saturated rings. The highest BCUT2D eigenvalue weighted by molar-refractivity contribution is 7.89. The summed E-state index contributed by atoms with van der Waals surface area (Å²) in [4.78, 5) is 20.3. The van der Waals surface area contributed by atoms with Crippen LogP contribution in [0.1, 0.15) is 15.9 Å². The average molecular weight is 349 g/mol. The highest BCUT2D eigenvalue weighted by Crippen LogP contribution is 2.15. The molecule has 0 saturated heterocycles. The van der Waals surface area contributed by atoms with Gasteiger partial charge in [0.05, 0.1) is 4.90 Å². The van der Waals surface area contributed by atoms with E-state index in [-0.39, 0.29) is 10.8 Å². The summed E-state index contributed by atoms with van der Waals surface area (Å²) < 4.78 is 25.9. The summed E-state index contributed by atoms with van der Waals surface area (Å²) in [6, 6.07) is 6.15. The Morgan fingerprint density at radius 1 is 1.17 bits per heavy atom. The van der Waals surface area contributed by atoms with Gasteiger partial charge in [0.2, 0.25) is 16.0 Å². The fourth-order valence-electron chi connectivity index (χ4n) is 1.97. The van der Waals surface area contributed by atoms with Crippen molar-refractivity contribution in [2.45, 2.75) is 11.8 Å². The van der Waals surface area contributed by atoms with Gasteiger partial charge in [-0.15, -0.1) is 0 Å². The van der Waals surface area contributed by atoms with Crippen molar-refractivity contribution in [1.29, 1.82) is 0 Å². The van der Waals surface area contributed by atoms with Gasteiger partial charge in [0.15, 0.2) is 0 Å². The third kappa shape index (κ3) is 4.49. The van der Waals surface area contributed by atoms with Gasteiger partial charge in [0.1, 0.15) is 0 Å². The van der Waals surface area contributed by atoms with Gasteiger partial charge in [-0.2, -0.15) is 0 Å². The number of rotatable bonds is 7. The summed E-state index contributed by atoms with van der Waals surface area (Å²) in [6.45, 7) is 2.55. The first-order valence-electron chi connectivity index (χ1n) is 7.27. The van der Waals surface area contributed by atoms with E-state index in [0.29, 0.717) is 30.2 Å². The zero-order chi connectivity index (χ0) is 17.6. The van der Waals surface area contributed by atoms with Crippen molar-refractivity contribution in [3.05, 3.63) is 47.8 Å². The summed E-state index contributed by atoms with van der Waals surface area (Å²) >= 11 is 0. The van der Waals surface area contributed by atoms with Gasteiger partial charge >= 0.3 is 0 Å². The molecule has 3 N–H and O–H groups in total. The summed E-state index contributed by atoms with van der Waals surface area (Å²) in [7, 11) is -2.27. The van der Waals surface area contributed by atoms with E-state index >= 15 is 0 Å². The predicted molar refractivity (Wildman–Crippen MR) is 90.3 cm³/mol. The number of carbonyl (C=O) groups is 1. The average Bonchev–Trinajstić information content (AvgIpc) is 2.59. The molecule has 0 aliphatic carbocycles. The molecule has 0 bridgehead atoms. The molecule has 0 spiro atoms. The van der Waals surface area contributed by atoms with Crippen molar-refractivity contribution in [2.24, 2.45) is 0 Å². The fraction of sp³-hybridized carbons (Fsp3) is 0.267. The van der Waals surface area contributed by atoms with Crippen LogP contribution < -0.4 is 15.4 Å². The molecule has 8 nitrogen and oxygen atoms in total. The molecule has 9 heteroatoms. The lowest BCUT2D eigenvalue weighted by atomic mass is 10.1. The first-order chi connectivity index (χ1) is 11.4. The Kier molecular flexibility index (Phi) is 5.83. The van der Waals surface area contributed by atoms with Crippen LogP contribution in [-0.2, 0) is 10.0 Å². The van der Waals surface area contributed by atoms with Gasteiger partial charge in [-0.1, -0.05) is 6.07 Å². The predicted octanol–water partition coefficient (Wildman–Crippen LogP) is 0.535. The summed E-state index contributed by atoms with van der Waals surface area (Å²) in [5.41, 5.74) is 1.02. The second-order valence-corrected chi connectivity index (χ2v) is 6.83. The number of benzene rings is 1. The van der Waals surface area contributed by atoms with Gasteiger partial charge in [-0.25, -0.2) is 23.1 Å². The minimum Gasteiger partial charge on any atom is -0.352 e. The molecule has 2 aromatic rings. The quantitative estimate of drug-likeness (QED) is 0.629. The third-order valence-corrected chi connectivity index (χ3v) is 4.70. The van der Waals surface area contributed by atoms with E-state index in [1.54, 1.807) is 31.5 Å². The lowest BCUT2D eigenvalue weighted by molar-refractivity contribution is 0.0954. The Morgan fingerprint density at radius 2 is 1.88 bits per heavy atom. The zero-order valence-corrected chi connectivity index (χ0v) is 14.2. The molecule has 0 aliphatic heterocycles. The molecule has 0 saturated carbocycles. The number of sulfonamides is 1. The molecular formula is C15H19N5O3S. The Bertz CT molecular complexity index is 809. The number of carbonyl (C=O) groups excluding carboxylic acids is 1. The van der Waals surface area contributed by atoms with Crippen molar-refractivity contribution in [1.82, 2.24) is 20.0 Å². The van der Waals surface area contributed by atoms with E-state index in [2.05, 4.69) is 25.3 Å². The number of nitrogens with one attached hydrogen (secondary N) is 3. The molecule has 128 valence electrons. The standard InChI is InChI=1S/C15H19N5O3S/c1-11-4-5-12(24(22,23)16-2)10-13(11)14(21)17-8-9-20-15-18-6-3-7-19-15/h3-7,10,16H,8-9H2,1-2H3,(H,17,21)(H,18,19,20). The van der Waals surface area contributed by atoms with Crippen LogP contribution in [0.4, 0.5) is 5.95 Å². The van der Waals surface area contributed by atoms with E-state index in [1.165, 1.54) is 19.2 Å². The first-order valence-corrected chi connectivity index (χ1v) is 8.75. The molecule has 1 aromatic heterocycles. The molecule has 0 radical (unpaired) electrons. The lowest BCUT2D eigenvalue weighted by Gasteiger charge is -2.10. The van der Waals surface area contributed by atoms with Gasteiger partial charge in [0.25, 0.3) is 5.91 Å². The van der Waals surface area contributed by atoms with Crippen LogP contribution in [0.25, 0.3) is 0 Å². The van der Waals surface area contributed by atoms with Crippen molar-refractivity contribution < 1.29 is 13.2 Å². The second-order valence-electron chi connectivity index (χ2n) is 4.94. The molecule has 1 aromatic carbocycles. The van der Waals surface area contributed by atoms with Crippen LogP contribution in [0.2, 0.25) is 0 Å². The van der Waals surface area contributed by atoms with E-state index < -0.39 is 10.0 Å². The maximum absolute atomic E-state index is 12.3. The maximum Gasteiger partial charge on any atom is 0.251 e. The van der Waals surface area contributed by atoms with E-state index in [9.17, 15) is 13.2 Å². The van der Waals surface area contributed by atoms with Crippen molar-refractivity contribution >= 4 is 21.9 Å². The number of aromatic nitrogens is 2. The Morgan fingerprint density at radius 3 is 2.54 bits per heavy atom. The van der Waals surface area contributed by atoms with Crippen LogP contribution in [0.5, 0.6) is 0 Å². The lowest BCUT2D eigenvalue weighted by Crippen LogP contribution is -2.30. The van der Waals surface area contributed by atoms with E-state index in [4.69, 9.17) is 0 Å². The normalized spacial score (nSPS) is 11.1. The molecule has 0 atom stereocenters. The fourth-order valence-corrected chi connectivity index (χ4v) is 2.72. The van der Waals surface area contributed by atoms with Crippen molar-refractivity contribution in [3.63, 3.8) is 0 Å². The molecule has 24 heavy (non-hydrogen) atoms. The number of hydrogen-bond donors (Lipinski definition) is 3. The topological polar surface area (TPSA) is 113 Å². The monoisotopic (exact) mass is 349 g/mol.